The van der Waals surface area contributed by atoms with E-state index in [-0.39, 0.29) is 12.3 Å². The van der Waals surface area contributed by atoms with Gasteiger partial charge in [0.05, 0.1) is 5.41 Å². The molecule has 2 heterocycles. The summed E-state index contributed by atoms with van der Waals surface area (Å²) in [6, 6.07) is 63.2. The third-order valence-electron chi connectivity index (χ3n) is 12.5. The lowest BCUT2D eigenvalue weighted by Gasteiger charge is -2.45. The fraction of sp³-hybridized carbons (Fsp3) is 0.0741. The molecule has 1 N–H and O–H groups in total. The second kappa shape index (κ2) is 12.9. The molecule has 8 aromatic rings. The fourth-order valence-electron chi connectivity index (χ4n) is 9.93. The van der Waals surface area contributed by atoms with E-state index in [1.807, 2.05) is 18.2 Å². The summed E-state index contributed by atoms with van der Waals surface area (Å²) in [7, 11) is 0. The van der Waals surface area contributed by atoms with Gasteiger partial charge in [-0.25, -0.2) is 9.98 Å². The Hall–Kier alpha value is -7.30. The maximum Gasteiger partial charge on any atom is 0.159 e. The van der Waals surface area contributed by atoms with E-state index in [4.69, 9.17) is 14.7 Å². The largest absolute Gasteiger partial charge is 0.485 e. The Morgan fingerprint density at radius 2 is 1.24 bits per heavy atom. The minimum atomic E-state index is -0.457. The van der Waals surface area contributed by atoms with E-state index in [9.17, 15) is 0 Å². The number of rotatable bonds is 4. The van der Waals surface area contributed by atoms with E-state index in [1.54, 1.807) is 0 Å². The summed E-state index contributed by atoms with van der Waals surface area (Å²) < 4.78 is 7.15. The van der Waals surface area contributed by atoms with Crippen molar-refractivity contribution < 1.29 is 4.74 Å². The Balaban J connectivity index is 0.986. The summed E-state index contributed by atoms with van der Waals surface area (Å²) >= 11 is 0. The van der Waals surface area contributed by atoms with Gasteiger partial charge in [-0.3, -0.25) is 0 Å². The molecular formula is C54H37N3O. The van der Waals surface area contributed by atoms with Crippen molar-refractivity contribution in [3.05, 3.63) is 233 Å². The van der Waals surface area contributed by atoms with Crippen LogP contribution in [0.25, 0.3) is 43.8 Å². The van der Waals surface area contributed by atoms with Crippen molar-refractivity contribution in [3.63, 3.8) is 0 Å². The average Bonchev–Trinajstić information content (AvgIpc) is 3.59. The summed E-state index contributed by atoms with van der Waals surface area (Å²) in [6.07, 6.45) is 7.11. The first-order chi connectivity index (χ1) is 28.7. The van der Waals surface area contributed by atoms with Crippen LogP contribution in [-0.2, 0) is 5.41 Å². The number of aliphatic imine (C=N–C) groups is 2. The molecule has 12 rings (SSSR count). The number of amidine groups is 2. The molecule has 0 radical (unpaired) electrons. The summed E-state index contributed by atoms with van der Waals surface area (Å²) in [6.45, 7) is 0. The van der Waals surface area contributed by atoms with Gasteiger partial charge in [0.2, 0.25) is 0 Å². The first-order valence-electron chi connectivity index (χ1n) is 20.1. The first-order valence-corrected chi connectivity index (χ1v) is 20.1. The first kappa shape index (κ1) is 32.9. The molecule has 1 spiro atoms. The molecular weight excluding hydrogens is 707 g/mol. The standard InChI is InChI=1S/C54H37N3O/c1-2-15-35(16-3-1)51-55-52(57-53(56-51)39-30-31-41-37(33-39)29-28-34-14-4-5-19-40(34)41)38-18-12-17-36(32-38)42-22-13-26-48-50(42)58-49-27-11-10-25-47(49)54(48)45-23-8-6-20-43(45)44-21-7-9-24-46(44)54/h1-26,28-33,49,52H,27H2,(H,55,56,57). The number of nitrogens with zero attached hydrogens (tertiary/aromatic N) is 2. The molecule has 274 valence electrons. The molecule has 58 heavy (non-hydrogen) atoms. The Labute approximate surface area is 337 Å². The average molecular weight is 744 g/mol. The van der Waals surface area contributed by atoms with Crippen LogP contribution in [0.2, 0.25) is 0 Å². The minimum Gasteiger partial charge on any atom is -0.485 e. The molecule has 2 aliphatic carbocycles. The predicted molar refractivity (Wildman–Crippen MR) is 237 cm³/mol. The molecule has 2 aliphatic heterocycles. The zero-order valence-corrected chi connectivity index (χ0v) is 31.6. The third-order valence-corrected chi connectivity index (χ3v) is 12.5. The van der Waals surface area contributed by atoms with Crippen LogP contribution in [-0.4, -0.2) is 17.8 Å². The van der Waals surface area contributed by atoms with E-state index in [0.717, 1.165) is 45.8 Å². The molecule has 0 amide bonds. The second-order valence-electron chi connectivity index (χ2n) is 15.6. The number of nitrogens with one attached hydrogen (secondary N) is 1. The van der Waals surface area contributed by atoms with Gasteiger partial charge >= 0.3 is 0 Å². The summed E-state index contributed by atoms with van der Waals surface area (Å²) in [5, 5.41) is 8.63. The Morgan fingerprint density at radius 1 is 0.552 bits per heavy atom. The van der Waals surface area contributed by atoms with Gasteiger partial charge in [0.15, 0.2) is 5.84 Å². The van der Waals surface area contributed by atoms with Crippen molar-refractivity contribution >= 4 is 33.2 Å². The SMILES string of the molecule is C1=CCC2Oc3c(-c4cccc(C5N=C(c6ccccc6)N=C(c6ccc7c(ccc8ccccc87)c6)N5)c4)cccc3C3(C2=C1)c1ccccc1-c1ccccc13. The smallest absolute Gasteiger partial charge is 0.159 e. The van der Waals surface area contributed by atoms with Crippen molar-refractivity contribution in [3.8, 4) is 28.0 Å². The number of ether oxygens (including phenoxy) is 1. The molecule has 4 aliphatic rings. The third kappa shape index (κ3) is 4.88. The van der Waals surface area contributed by atoms with Gasteiger partial charge in [-0.1, -0.05) is 182 Å². The Kier molecular flexibility index (Phi) is 7.30. The summed E-state index contributed by atoms with van der Waals surface area (Å²) in [5.74, 6) is 2.44. The summed E-state index contributed by atoms with van der Waals surface area (Å²) in [4.78, 5) is 10.4. The zero-order valence-electron chi connectivity index (χ0n) is 31.6. The number of hydrogen-bond acceptors (Lipinski definition) is 4. The topological polar surface area (TPSA) is 46.0 Å². The molecule has 4 nitrogen and oxygen atoms in total. The van der Waals surface area contributed by atoms with E-state index in [1.165, 1.54) is 54.9 Å². The molecule has 4 heteroatoms. The number of para-hydroxylation sites is 1. The van der Waals surface area contributed by atoms with Gasteiger partial charge in [-0.15, -0.1) is 0 Å². The quantitative estimate of drug-likeness (QED) is 0.182. The lowest BCUT2D eigenvalue weighted by atomic mass is 9.62. The van der Waals surface area contributed by atoms with Crippen LogP contribution in [0.5, 0.6) is 5.75 Å². The van der Waals surface area contributed by atoms with E-state index in [2.05, 4.69) is 181 Å². The van der Waals surface area contributed by atoms with Crippen LogP contribution in [0.4, 0.5) is 0 Å². The van der Waals surface area contributed by atoms with Crippen molar-refractivity contribution in [1.82, 2.24) is 5.32 Å². The normalized spacial score (nSPS) is 18.2. The number of fused-ring (bicyclic) bond motifs is 12. The van der Waals surface area contributed by atoms with Crippen LogP contribution >= 0.6 is 0 Å². The van der Waals surface area contributed by atoms with Gasteiger partial charge in [-0.2, -0.15) is 0 Å². The molecule has 0 bridgehead atoms. The van der Waals surface area contributed by atoms with Crippen molar-refractivity contribution in [2.45, 2.75) is 24.1 Å². The fourth-order valence-corrected chi connectivity index (χ4v) is 9.93. The molecule has 2 unspecified atom stereocenters. The molecule has 0 aromatic heterocycles. The van der Waals surface area contributed by atoms with Crippen LogP contribution in [0, 0.1) is 0 Å². The van der Waals surface area contributed by atoms with Crippen molar-refractivity contribution in [1.29, 1.82) is 0 Å². The predicted octanol–water partition coefficient (Wildman–Crippen LogP) is 12.1. The van der Waals surface area contributed by atoms with Gasteiger partial charge in [0.1, 0.15) is 23.9 Å². The highest BCUT2D eigenvalue weighted by molar-refractivity contribution is 6.15. The molecule has 2 atom stereocenters. The summed E-state index contributed by atoms with van der Waals surface area (Å²) in [5.41, 5.74) is 12.5. The maximum atomic E-state index is 7.15. The van der Waals surface area contributed by atoms with Crippen LogP contribution < -0.4 is 10.1 Å². The van der Waals surface area contributed by atoms with Gasteiger partial charge in [0, 0.05) is 28.7 Å². The van der Waals surface area contributed by atoms with Gasteiger partial charge in [0.25, 0.3) is 0 Å². The van der Waals surface area contributed by atoms with Crippen molar-refractivity contribution in [2.24, 2.45) is 9.98 Å². The monoisotopic (exact) mass is 743 g/mol. The Bertz CT molecular complexity index is 3070. The number of benzene rings is 8. The van der Waals surface area contributed by atoms with E-state index >= 15 is 0 Å². The molecule has 8 aromatic carbocycles. The Morgan fingerprint density at radius 3 is 2.10 bits per heavy atom. The van der Waals surface area contributed by atoms with Crippen molar-refractivity contribution in [2.75, 3.05) is 0 Å². The molecule has 0 fully saturated rings. The highest BCUT2D eigenvalue weighted by Gasteiger charge is 2.54. The van der Waals surface area contributed by atoms with E-state index in [0.29, 0.717) is 5.84 Å². The lowest BCUT2D eigenvalue weighted by molar-refractivity contribution is 0.206. The van der Waals surface area contributed by atoms with Crippen LogP contribution in [0.3, 0.4) is 0 Å². The number of hydrogen-bond donors (Lipinski definition) is 1. The van der Waals surface area contributed by atoms with Gasteiger partial charge in [-0.05, 0) is 72.6 Å². The lowest BCUT2D eigenvalue weighted by Crippen LogP contribution is -2.42. The highest BCUT2D eigenvalue weighted by atomic mass is 16.5. The van der Waals surface area contributed by atoms with Crippen LogP contribution in [0.1, 0.15) is 46.0 Å². The maximum absolute atomic E-state index is 7.15. The van der Waals surface area contributed by atoms with Gasteiger partial charge < -0.3 is 10.1 Å². The van der Waals surface area contributed by atoms with E-state index < -0.39 is 5.41 Å². The molecule has 0 saturated carbocycles. The molecule has 0 saturated heterocycles. The minimum absolute atomic E-state index is 0.0854. The number of allylic oxidation sites excluding steroid dienone is 2. The van der Waals surface area contributed by atoms with Crippen LogP contribution in [0.15, 0.2) is 210 Å². The zero-order chi connectivity index (χ0) is 38.2. The highest BCUT2D eigenvalue weighted by Crippen LogP contribution is 2.62. The second-order valence-corrected chi connectivity index (χ2v) is 15.6.